The fourth-order valence-electron chi connectivity index (χ4n) is 2.77. The van der Waals surface area contributed by atoms with Crippen molar-refractivity contribution in [2.45, 2.75) is 13.3 Å². The zero-order valence-electron chi connectivity index (χ0n) is 11.8. The molecule has 0 bridgehead atoms. The molecule has 0 aliphatic carbocycles. The van der Waals surface area contributed by atoms with Gasteiger partial charge in [0.05, 0.1) is 12.4 Å². The Morgan fingerprint density at radius 2 is 1.80 bits per heavy atom. The van der Waals surface area contributed by atoms with Gasteiger partial charge in [-0.05, 0) is 23.1 Å². The van der Waals surface area contributed by atoms with E-state index >= 15 is 0 Å². The molecule has 1 atom stereocenters. The highest BCUT2D eigenvalue weighted by Crippen LogP contribution is 2.25. The third kappa shape index (κ3) is 2.74. The number of amidine groups is 1. The molecule has 0 saturated heterocycles. The summed E-state index contributed by atoms with van der Waals surface area (Å²) in [5, 5.41) is 3.39. The van der Waals surface area contributed by atoms with Gasteiger partial charge in [0.2, 0.25) is 0 Å². The second kappa shape index (κ2) is 5.91. The molecule has 1 aliphatic heterocycles. The van der Waals surface area contributed by atoms with Crippen molar-refractivity contribution >= 4 is 5.84 Å². The van der Waals surface area contributed by atoms with E-state index in [0.717, 1.165) is 25.3 Å². The van der Waals surface area contributed by atoms with Crippen LogP contribution in [0.4, 0.5) is 0 Å². The van der Waals surface area contributed by atoms with Crippen molar-refractivity contribution in [3.8, 4) is 11.1 Å². The van der Waals surface area contributed by atoms with E-state index in [1.807, 2.05) is 0 Å². The number of hydrogen-bond acceptors (Lipinski definition) is 2. The topological polar surface area (TPSA) is 24.4 Å². The molecule has 2 nitrogen and oxygen atoms in total. The van der Waals surface area contributed by atoms with Crippen LogP contribution in [-0.4, -0.2) is 18.9 Å². The molecule has 2 heteroatoms. The number of hydrogen-bond donors (Lipinski definition) is 1. The van der Waals surface area contributed by atoms with Gasteiger partial charge >= 0.3 is 0 Å². The van der Waals surface area contributed by atoms with Crippen molar-refractivity contribution < 1.29 is 0 Å². The maximum atomic E-state index is 4.54. The lowest BCUT2D eigenvalue weighted by Gasteiger charge is -2.15. The highest BCUT2D eigenvalue weighted by atomic mass is 15.1. The van der Waals surface area contributed by atoms with Gasteiger partial charge in [-0.25, -0.2) is 0 Å². The molecule has 1 N–H and O–H groups in total. The summed E-state index contributed by atoms with van der Waals surface area (Å²) >= 11 is 0. The SMILES string of the molecule is C[C@@H](Cc1ccccc1-c1ccccc1)C1=NCCN1. The van der Waals surface area contributed by atoms with Gasteiger partial charge in [-0.15, -0.1) is 0 Å². The van der Waals surface area contributed by atoms with Crippen molar-refractivity contribution in [3.63, 3.8) is 0 Å². The van der Waals surface area contributed by atoms with Crippen molar-refractivity contribution in [1.29, 1.82) is 0 Å². The van der Waals surface area contributed by atoms with Crippen LogP contribution in [0.5, 0.6) is 0 Å². The number of rotatable bonds is 4. The lowest BCUT2D eigenvalue weighted by molar-refractivity contribution is 0.744. The van der Waals surface area contributed by atoms with Gasteiger partial charge in [-0.2, -0.15) is 0 Å². The summed E-state index contributed by atoms with van der Waals surface area (Å²) < 4.78 is 0. The van der Waals surface area contributed by atoms with Crippen molar-refractivity contribution in [2.24, 2.45) is 10.9 Å². The molecule has 1 aliphatic rings. The molecule has 0 amide bonds. The second-order valence-electron chi connectivity index (χ2n) is 5.32. The van der Waals surface area contributed by atoms with Gasteiger partial charge in [0, 0.05) is 12.5 Å². The van der Waals surface area contributed by atoms with Gasteiger partial charge in [0.1, 0.15) is 0 Å². The molecule has 3 rings (SSSR count). The minimum Gasteiger partial charge on any atom is -0.372 e. The average molecular weight is 264 g/mol. The second-order valence-corrected chi connectivity index (χ2v) is 5.32. The Hall–Kier alpha value is -2.09. The lowest BCUT2D eigenvalue weighted by atomic mass is 9.92. The van der Waals surface area contributed by atoms with Gasteiger partial charge in [0.15, 0.2) is 0 Å². The van der Waals surface area contributed by atoms with E-state index in [9.17, 15) is 0 Å². The Labute approximate surface area is 120 Å². The van der Waals surface area contributed by atoms with Crippen LogP contribution in [0, 0.1) is 5.92 Å². The highest BCUT2D eigenvalue weighted by Gasteiger charge is 2.16. The molecular weight excluding hydrogens is 244 g/mol. The van der Waals surface area contributed by atoms with Crippen LogP contribution < -0.4 is 5.32 Å². The maximum Gasteiger partial charge on any atom is 0.0996 e. The predicted molar refractivity (Wildman–Crippen MR) is 85.1 cm³/mol. The minimum absolute atomic E-state index is 0.447. The van der Waals surface area contributed by atoms with Gasteiger partial charge < -0.3 is 5.32 Å². The van der Waals surface area contributed by atoms with Crippen LogP contribution in [0.25, 0.3) is 11.1 Å². The summed E-state index contributed by atoms with van der Waals surface area (Å²) in [5.74, 6) is 1.61. The largest absolute Gasteiger partial charge is 0.372 e. The van der Waals surface area contributed by atoms with E-state index < -0.39 is 0 Å². The molecule has 2 aromatic rings. The smallest absolute Gasteiger partial charge is 0.0996 e. The van der Waals surface area contributed by atoms with Crippen LogP contribution in [0.15, 0.2) is 59.6 Å². The normalized spacial score (nSPS) is 15.6. The first-order valence-electron chi connectivity index (χ1n) is 7.26. The Bertz CT molecular complexity index is 602. The summed E-state index contributed by atoms with van der Waals surface area (Å²) in [5.41, 5.74) is 4.01. The molecule has 0 unspecified atom stereocenters. The fraction of sp³-hybridized carbons (Fsp3) is 0.278. The molecule has 0 spiro atoms. The summed E-state index contributed by atoms with van der Waals surface area (Å²) in [6.07, 6.45) is 1.02. The van der Waals surface area contributed by atoms with Crippen molar-refractivity contribution in [3.05, 3.63) is 60.2 Å². The van der Waals surface area contributed by atoms with E-state index in [4.69, 9.17) is 0 Å². The fourth-order valence-corrected chi connectivity index (χ4v) is 2.77. The Morgan fingerprint density at radius 3 is 2.55 bits per heavy atom. The highest BCUT2D eigenvalue weighted by molar-refractivity contribution is 5.86. The molecule has 102 valence electrons. The van der Waals surface area contributed by atoms with Crippen LogP contribution in [0.3, 0.4) is 0 Å². The molecule has 0 saturated carbocycles. The standard InChI is InChI=1S/C18H20N2/c1-14(18-19-11-12-20-18)13-16-9-5-6-10-17(16)15-7-3-2-4-8-15/h2-10,14H,11-13H2,1H3,(H,19,20)/t14-/m0/s1. The Morgan fingerprint density at radius 1 is 1.05 bits per heavy atom. The third-order valence-electron chi connectivity index (χ3n) is 3.80. The summed E-state index contributed by atoms with van der Waals surface area (Å²) in [6.45, 7) is 4.15. The number of nitrogens with zero attached hydrogens (tertiary/aromatic N) is 1. The zero-order chi connectivity index (χ0) is 13.8. The summed E-state index contributed by atoms with van der Waals surface area (Å²) in [4.78, 5) is 4.54. The Balaban J connectivity index is 1.87. The van der Waals surface area contributed by atoms with Gasteiger partial charge in [0.25, 0.3) is 0 Å². The monoisotopic (exact) mass is 264 g/mol. The lowest BCUT2D eigenvalue weighted by Crippen LogP contribution is -2.26. The van der Waals surface area contributed by atoms with Crippen LogP contribution in [-0.2, 0) is 6.42 Å². The summed E-state index contributed by atoms with van der Waals surface area (Å²) in [7, 11) is 0. The van der Waals surface area contributed by atoms with E-state index in [1.54, 1.807) is 0 Å². The number of benzene rings is 2. The van der Waals surface area contributed by atoms with Gasteiger partial charge in [-0.3, -0.25) is 4.99 Å². The van der Waals surface area contributed by atoms with Gasteiger partial charge in [-0.1, -0.05) is 61.5 Å². The van der Waals surface area contributed by atoms with Crippen LogP contribution >= 0.6 is 0 Å². The third-order valence-corrected chi connectivity index (χ3v) is 3.80. The summed E-state index contributed by atoms with van der Waals surface area (Å²) in [6, 6.07) is 19.3. The number of nitrogens with one attached hydrogen (secondary N) is 1. The minimum atomic E-state index is 0.447. The van der Waals surface area contributed by atoms with E-state index in [0.29, 0.717) is 5.92 Å². The maximum absolute atomic E-state index is 4.54. The van der Waals surface area contributed by atoms with E-state index in [2.05, 4.69) is 71.8 Å². The van der Waals surface area contributed by atoms with Crippen LogP contribution in [0.2, 0.25) is 0 Å². The van der Waals surface area contributed by atoms with E-state index in [1.165, 1.54) is 16.7 Å². The first-order chi connectivity index (χ1) is 9.84. The molecule has 1 heterocycles. The first kappa shape index (κ1) is 12.9. The van der Waals surface area contributed by atoms with Crippen molar-refractivity contribution in [2.75, 3.05) is 13.1 Å². The first-order valence-corrected chi connectivity index (χ1v) is 7.26. The van der Waals surface area contributed by atoms with Crippen molar-refractivity contribution in [1.82, 2.24) is 5.32 Å². The molecule has 0 aromatic heterocycles. The van der Waals surface area contributed by atoms with Crippen LogP contribution in [0.1, 0.15) is 12.5 Å². The van der Waals surface area contributed by atoms with E-state index in [-0.39, 0.29) is 0 Å². The Kier molecular flexibility index (Phi) is 3.82. The molecular formula is C18H20N2. The quantitative estimate of drug-likeness (QED) is 0.897. The molecule has 0 fully saturated rings. The molecule has 0 radical (unpaired) electrons. The zero-order valence-corrected chi connectivity index (χ0v) is 11.8. The molecule has 20 heavy (non-hydrogen) atoms. The predicted octanol–water partition coefficient (Wildman–Crippen LogP) is 3.53. The average Bonchev–Trinajstić information content (AvgIpc) is 3.03. The molecule has 2 aromatic carbocycles. The number of aliphatic imine (C=N–C) groups is 1.